The number of nitrogens with zero attached hydrogens (tertiary/aromatic N) is 4. The van der Waals surface area contributed by atoms with Gasteiger partial charge in [0.05, 0.1) is 23.7 Å². The van der Waals surface area contributed by atoms with Gasteiger partial charge in [-0.2, -0.15) is 18.3 Å². The van der Waals surface area contributed by atoms with E-state index in [1.165, 1.54) is 6.20 Å². The van der Waals surface area contributed by atoms with Gasteiger partial charge >= 0.3 is 12.1 Å². The molecule has 35 heavy (non-hydrogen) atoms. The van der Waals surface area contributed by atoms with E-state index in [2.05, 4.69) is 25.7 Å². The van der Waals surface area contributed by atoms with Gasteiger partial charge in [-0.25, -0.2) is 14.6 Å². The quantitative estimate of drug-likeness (QED) is 0.376. The summed E-state index contributed by atoms with van der Waals surface area (Å²) in [5, 5.41) is 18.1. The van der Waals surface area contributed by atoms with Gasteiger partial charge in [0.25, 0.3) is 5.91 Å². The highest BCUT2D eigenvalue weighted by atomic mass is 19.4. The molecule has 0 bridgehead atoms. The van der Waals surface area contributed by atoms with Crippen molar-refractivity contribution in [3.8, 4) is 5.82 Å². The van der Waals surface area contributed by atoms with Gasteiger partial charge in [-0.1, -0.05) is 13.0 Å². The van der Waals surface area contributed by atoms with E-state index in [0.717, 1.165) is 29.2 Å². The number of halogens is 3. The number of carbonyl (C=O) groups is 2. The molecule has 0 aliphatic carbocycles. The molecule has 3 rings (SSSR count). The van der Waals surface area contributed by atoms with Gasteiger partial charge in [-0.3, -0.25) is 9.59 Å². The maximum Gasteiger partial charge on any atom is 0.419 e. The number of carboxylic acids is 1. The van der Waals surface area contributed by atoms with E-state index < -0.39 is 23.6 Å². The van der Waals surface area contributed by atoms with Crippen LogP contribution in [-0.2, 0) is 17.4 Å². The second-order valence-corrected chi connectivity index (χ2v) is 8.01. The minimum atomic E-state index is -4.46. The third kappa shape index (κ3) is 7.80. The van der Waals surface area contributed by atoms with Crippen LogP contribution < -0.4 is 10.6 Å². The lowest BCUT2D eigenvalue weighted by atomic mass is 10.0. The second-order valence-electron chi connectivity index (χ2n) is 8.01. The summed E-state index contributed by atoms with van der Waals surface area (Å²) in [7, 11) is 0. The summed E-state index contributed by atoms with van der Waals surface area (Å²) in [5.41, 5.74) is 0.250. The Kier molecular flexibility index (Phi) is 8.39. The molecule has 3 N–H and O–H groups in total. The maximum absolute atomic E-state index is 12.8. The normalized spacial score (nSPS) is 12.2. The SMILES string of the molecule is CC(CCNc1ccc(C(=O)NCCC(=O)O)cn1)Cc1cccc(-n2cc(C(F)(F)F)cn2)n1. The zero-order chi connectivity index (χ0) is 25.4. The molecule has 186 valence electrons. The Bertz CT molecular complexity index is 1150. The highest BCUT2D eigenvalue weighted by Crippen LogP contribution is 2.29. The Morgan fingerprint density at radius 3 is 2.60 bits per heavy atom. The fraction of sp³-hybridized carbons (Fsp3) is 0.348. The van der Waals surface area contributed by atoms with Crippen LogP contribution in [0.4, 0.5) is 19.0 Å². The first-order valence-corrected chi connectivity index (χ1v) is 10.9. The number of aromatic nitrogens is 4. The first-order valence-electron chi connectivity index (χ1n) is 10.9. The molecular formula is C23H25F3N6O3. The van der Waals surface area contributed by atoms with Crippen molar-refractivity contribution in [1.82, 2.24) is 25.1 Å². The van der Waals surface area contributed by atoms with Crippen LogP contribution in [0, 0.1) is 5.92 Å². The summed E-state index contributed by atoms with van der Waals surface area (Å²) in [5.74, 6) is -0.234. The number of carboxylic acid groups (broad SMARTS) is 1. The zero-order valence-corrected chi connectivity index (χ0v) is 18.9. The van der Waals surface area contributed by atoms with Gasteiger partial charge in [0.2, 0.25) is 0 Å². The lowest BCUT2D eigenvalue weighted by Crippen LogP contribution is -2.26. The molecule has 0 aliphatic heterocycles. The summed E-state index contributed by atoms with van der Waals surface area (Å²) in [6.45, 7) is 2.70. The fourth-order valence-electron chi connectivity index (χ4n) is 3.23. The van der Waals surface area contributed by atoms with Crippen molar-refractivity contribution in [2.24, 2.45) is 5.92 Å². The number of rotatable bonds is 11. The van der Waals surface area contributed by atoms with Crippen LogP contribution in [0.5, 0.6) is 0 Å². The van der Waals surface area contributed by atoms with Crippen molar-refractivity contribution in [2.45, 2.75) is 32.4 Å². The number of pyridine rings is 2. The van der Waals surface area contributed by atoms with E-state index in [9.17, 15) is 22.8 Å². The van der Waals surface area contributed by atoms with Gasteiger partial charge in [0, 0.05) is 31.2 Å². The first kappa shape index (κ1) is 25.7. The van der Waals surface area contributed by atoms with Gasteiger partial charge in [-0.05, 0) is 43.0 Å². The van der Waals surface area contributed by atoms with Gasteiger partial charge in [0.15, 0.2) is 5.82 Å². The highest BCUT2D eigenvalue weighted by molar-refractivity contribution is 5.94. The van der Waals surface area contributed by atoms with E-state index in [0.29, 0.717) is 30.2 Å². The van der Waals surface area contributed by atoms with Crippen molar-refractivity contribution in [1.29, 1.82) is 0 Å². The van der Waals surface area contributed by atoms with Crippen molar-refractivity contribution < 1.29 is 27.9 Å². The van der Waals surface area contributed by atoms with Crippen molar-refractivity contribution in [3.63, 3.8) is 0 Å². The van der Waals surface area contributed by atoms with Crippen LogP contribution in [0.1, 0.15) is 41.4 Å². The molecule has 3 aromatic rings. The average molecular weight is 490 g/mol. The zero-order valence-electron chi connectivity index (χ0n) is 18.9. The second kappa shape index (κ2) is 11.4. The van der Waals surface area contributed by atoms with Gasteiger partial charge in [-0.15, -0.1) is 0 Å². The Morgan fingerprint density at radius 2 is 1.94 bits per heavy atom. The molecule has 0 radical (unpaired) electrons. The topological polar surface area (TPSA) is 122 Å². The predicted molar refractivity (Wildman–Crippen MR) is 121 cm³/mol. The Balaban J connectivity index is 1.46. The van der Waals surface area contributed by atoms with Crippen LogP contribution in [0.15, 0.2) is 48.9 Å². The summed E-state index contributed by atoms with van der Waals surface area (Å²) in [6, 6.07) is 8.43. The molecule has 0 aromatic carbocycles. The van der Waals surface area contributed by atoms with E-state index in [-0.39, 0.29) is 18.9 Å². The van der Waals surface area contributed by atoms with E-state index >= 15 is 0 Å². The molecule has 3 aromatic heterocycles. The van der Waals surface area contributed by atoms with Crippen LogP contribution in [-0.4, -0.2) is 49.8 Å². The van der Waals surface area contributed by atoms with Crippen LogP contribution in [0.25, 0.3) is 5.82 Å². The molecule has 1 unspecified atom stereocenters. The average Bonchev–Trinajstić information content (AvgIpc) is 3.30. The standard InChI is InChI=1S/C23H25F3N6O3/c1-15(7-9-27-19-6-5-16(12-29-19)22(35)28-10-8-21(33)34)11-18-3-2-4-20(31-18)32-14-17(13-30-32)23(24,25)26/h2-6,12-15H,7-11H2,1H3,(H,27,29)(H,28,35)(H,33,34). The Hall–Kier alpha value is -3.96. The number of carbonyl (C=O) groups excluding carboxylic acids is 1. The fourth-order valence-corrected chi connectivity index (χ4v) is 3.23. The third-order valence-electron chi connectivity index (χ3n) is 5.09. The molecule has 0 fully saturated rings. The molecule has 3 heterocycles. The molecular weight excluding hydrogens is 465 g/mol. The minimum Gasteiger partial charge on any atom is -0.481 e. The van der Waals surface area contributed by atoms with Crippen LogP contribution in [0.3, 0.4) is 0 Å². The molecule has 9 nitrogen and oxygen atoms in total. The molecule has 0 spiro atoms. The number of amides is 1. The molecule has 12 heteroatoms. The van der Waals surface area contributed by atoms with Gasteiger partial charge in [0.1, 0.15) is 5.82 Å². The van der Waals surface area contributed by atoms with Crippen LogP contribution >= 0.6 is 0 Å². The largest absolute Gasteiger partial charge is 0.481 e. The van der Waals surface area contributed by atoms with E-state index in [1.807, 2.05) is 13.0 Å². The Labute approximate surface area is 199 Å². The molecule has 1 atom stereocenters. The summed E-state index contributed by atoms with van der Waals surface area (Å²) < 4.78 is 39.6. The Morgan fingerprint density at radius 1 is 1.14 bits per heavy atom. The summed E-state index contributed by atoms with van der Waals surface area (Å²) in [6.07, 6.45) is -0.0972. The van der Waals surface area contributed by atoms with Crippen molar-refractivity contribution >= 4 is 17.7 Å². The summed E-state index contributed by atoms with van der Waals surface area (Å²) >= 11 is 0. The number of anilines is 1. The predicted octanol–water partition coefficient (Wildman–Crippen LogP) is 3.57. The van der Waals surface area contributed by atoms with Crippen LogP contribution in [0.2, 0.25) is 0 Å². The monoisotopic (exact) mass is 490 g/mol. The number of hydrogen-bond donors (Lipinski definition) is 3. The number of aliphatic carboxylic acids is 1. The van der Waals surface area contributed by atoms with E-state index in [1.54, 1.807) is 24.3 Å². The minimum absolute atomic E-state index is 0.0420. The lowest BCUT2D eigenvalue weighted by molar-refractivity contribution is -0.138. The molecule has 1 amide bonds. The summed E-state index contributed by atoms with van der Waals surface area (Å²) in [4.78, 5) is 31.1. The number of nitrogens with one attached hydrogen (secondary N) is 2. The maximum atomic E-state index is 12.8. The number of hydrogen-bond acceptors (Lipinski definition) is 6. The van der Waals surface area contributed by atoms with Gasteiger partial charge < -0.3 is 15.7 Å². The highest BCUT2D eigenvalue weighted by Gasteiger charge is 2.32. The molecule has 0 saturated carbocycles. The smallest absolute Gasteiger partial charge is 0.419 e. The van der Waals surface area contributed by atoms with E-state index in [4.69, 9.17) is 5.11 Å². The van der Waals surface area contributed by atoms with Crippen molar-refractivity contribution in [3.05, 3.63) is 65.7 Å². The third-order valence-corrected chi connectivity index (χ3v) is 5.09. The number of alkyl halides is 3. The molecule has 0 aliphatic rings. The lowest BCUT2D eigenvalue weighted by Gasteiger charge is -2.13. The van der Waals surface area contributed by atoms with Crippen molar-refractivity contribution in [2.75, 3.05) is 18.4 Å². The molecule has 0 saturated heterocycles. The first-order chi connectivity index (χ1) is 16.6.